The summed E-state index contributed by atoms with van der Waals surface area (Å²) >= 11 is 0. The van der Waals surface area contributed by atoms with Gasteiger partial charge >= 0.3 is 12.0 Å². The fraction of sp³-hybridized carbons (Fsp3) is 0.500. The Morgan fingerprint density at radius 1 is 1.46 bits per heavy atom. The second-order valence-electron chi connectivity index (χ2n) is 6.57. The smallest absolute Gasteiger partial charge is 0.321 e. The number of hydrogen-bond acceptors (Lipinski definition) is 4. The van der Waals surface area contributed by atoms with Gasteiger partial charge in [0.15, 0.2) is 0 Å². The Kier molecular flexibility index (Phi) is 3.90. The molecule has 8 nitrogen and oxygen atoms in total. The van der Waals surface area contributed by atoms with Crippen LogP contribution in [0.3, 0.4) is 0 Å². The van der Waals surface area contributed by atoms with Gasteiger partial charge in [0.2, 0.25) is 0 Å². The summed E-state index contributed by atoms with van der Waals surface area (Å²) in [5, 5.41) is 23.2. The molecule has 1 saturated carbocycles. The van der Waals surface area contributed by atoms with E-state index in [0.29, 0.717) is 24.2 Å². The van der Waals surface area contributed by atoms with Crippen molar-refractivity contribution in [3.05, 3.63) is 33.9 Å². The first-order valence-corrected chi connectivity index (χ1v) is 7.88. The number of rotatable bonds is 3. The zero-order valence-electron chi connectivity index (χ0n) is 13.3. The van der Waals surface area contributed by atoms with E-state index in [1.54, 1.807) is 13.0 Å². The summed E-state index contributed by atoms with van der Waals surface area (Å²) in [6, 6.07) is 4.08. The van der Waals surface area contributed by atoms with Crippen LogP contribution in [0.2, 0.25) is 0 Å². The number of likely N-dealkylation sites (tertiary alicyclic amines) is 1. The van der Waals surface area contributed by atoms with E-state index in [2.05, 4.69) is 5.32 Å². The molecule has 8 heteroatoms. The molecule has 2 atom stereocenters. The summed E-state index contributed by atoms with van der Waals surface area (Å²) in [6.45, 7) is 2.17. The van der Waals surface area contributed by atoms with Crippen LogP contribution >= 0.6 is 0 Å². The number of fused-ring (bicyclic) bond motifs is 1. The van der Waals surface area contributed by atoms with E-state index < -0.39 is 22.3 Å². The number of anilines is 1. The van der Waals surface area contributed by atoms with Gasteiger partial charge in [0.1, 0.15) is 0 Å². The number of urea groups is 1. The molecule has 24 heavy (non-hydrogen) atoms. The number of nitro benzene ring substituents is 1. The van der Waals surface area contributed by atoms with E-state index in [0.717, 1.165) is 12.8 Å². The lowest BCUT2D eigenvalue weighted by Gasteiger charge is -2.23. The zero-order valence-corrected chi connectivity index (χ0v) is 13.3. The molecule has 0 unspecified atom stereocenters. The lowest BCUT2D eigenvalue weighted by Crippen LogP contribution is -2.38. The monoisotopic (exact) mass is 333 g/mol. The fourth-order valence-electron chi connectivity index (χ4n) is 3.94. The van der Waals surface area contributed by atoms with E-state index in [1.165, 1.54) is 17.0 Å². The van der Waals surface area contributed by atoms with Gasteiger partial charge in [0, 0.05) is 19.2 Å². The highest BCUT2D eigenvalue weighted by molar-refractivity contribution is 5.92. The van der Waals surface area contributed by atoms with Crippen molar-refractivity contribution < 1.29 is 19.6 Å². The van der Waals surface area contributed by atoms with Crippen molar-refractivity contribution in [3.63, 3.8) is 0 Å². The molecule has 0 radical (unpaired) electrons. The van der Waals surface area contributed by atoms with E-state index in [1.807, 2.05) is 0 Å². The van der Waals surface area contributed by atoms with Crippen molar-refractivity contribution in [3.8, 4) is 0 Å². The summed E-state index contributed by atoms with van der Waals surface area (Å²) < 4.78 is 0. The molecule has 1 heterocycles. The largest absolute Gasteiger partial charge is 0.481 e. The van der Waals surface area contributed by atoms with Crippen LogP contribution in [0, 0.1) is 28.4 Å². The van der Waals surface area contributed by atoms with Gasteiger partial charge < -0.3 is 15.3 Å². The number of carboxylic acid groups (broad SMARTS) is 1. The lowest BCUT2D eigenvalue weighted by molar-refractivity contribution is -0.385. The van der Waals surface area contributed by atoms with Crippen LogP contribution in [0.25, 0.3) is 0 Å². The maximum atomic E-state index is 12.5. The van der Waals surface area contributed by atoms with Gasteiger partial charge in [-0.25, -0.2) is 4.79 Å². The third-order valence-electron chi connectivity index (χ3n) is 5.33. The van der Waals surface area contributed by atoms with Gasteiger partial charge in [-0.05, 0) is 31.7 Å². The van der Waals surface area contributed by atoms with Crippen LogP contribution < -0.4 is 5.32 Å². The quantitative estimate of drug-likeness (QED) is 0.652. The van der Waals surface area contributed by atoms with E-state index in [9.17, 15) is 24.8 Å². The summed E-state index contributed by atoms with van der Waals surface area (Å²) in [5.74, 6) is -0.862. The predicted molar refractivity (Wildman–Crippen MR) is 85.8 cm³/mol. The Bertz CT molecular complexity index is 720. The summed E-state index contributed by atoms with van der Waals surface area (Å²) in [5.41, 5.74) is -0.151. The first-order chi connectivity index (χ1) is 11.3. The molecule has 3 rings (SSSR count). The van der Waals surface area contributed by atoms with Gasteiger partial charge in [0.25, 0.3) is 5.69 Å². The van der Waals surface area contributed by atoms with Crippen molar-refractivity contribution >= 4 is 23.4 Å². The summed E-state index contributed by atoms with van der Waals surface area (Å²) in [4.78, 5) is 36.2. The van der Waals surface area contributed by atoms with Crippen molar-refractivity contribution in [2.45, 2.75) is 26.2 Å². The average molecular weight is 333 g/mol. The van der Waals surface area contributed by atoms with E-state index in [-0.39, 0.29) is 18.2 Å². The molecule has 2 N–H and O–H groups in total. The maximum absolute atomic E-state index is 12.5. The Morgan fingerprint density at radius 3 is 2.83 bits per heavy atom. The van der Waals surface area contributed by atoms with Crippen LogP contribution in [0.15, 0.2) is 18.2 Å². The molecule has 2 aliphatic rings. The first-order valence-electron chi connectivity index (χ1n) is 7.88. The van der Waals surface area contributed by atoms with Crippen molar-refractivity contribution in [1.29, 1.82) is 0 Å². The minimum Gasteiger partial charge on any atom is -0.481 e. The standard InChI is InChI=1S/C16H19N3O5/c1-10-12(5-2-6-13(10)19(23)24)17-15(22)18-8-11-4-3-7-16(11,9-18)14(20)21/h2,5-6,11H,3-4,7-9H2,1H3,(H,17,22)(H,20,21)/t11-,16+/m0/s1. The second kappa shape index (κ2) is 5.77. The molecule has 2 fully saturated rings. The second-order valence-corrected chi connectivity index (χ2v) is 6.57. The van der Waals surface area contributed by atoms with Crippen LogP contribution in [-0.4, -0.2) is 40.0 Å². The number of aliphatic carboxylic acids is 1. The van der Waals surface area contributed by atoms with Gasteiger partial charge in [-0.1, -0.05) is 12.5 Å². The SMILES string of the molecule is Cc1c(NC(=O)N2C[C@@H]3CCC[C@@]3(C(=O)O)C2)cccc1[N+](=O)[O-]. The average Bonchev–Trinajstić information content (AvgIpc) is 3.07. The van der Waals surface area contributed by atoms with Crippen LogP contribution in [0.1, 0.15) is 24.8 Å². The van der Waals surface area contributed by atoms with Gasteiger partial charge in [-0.2, -0.15) is 0 Å². The highest BCUT2D eigenvalue weighted by Gasteiger charge is 2.55. The Balaban J connectivity index is 1.77. The topological polar surface area (TPSA) is 113 Å². The number of amides is 2. The minimum absolute atomic E-state index is 0.0213. The van der Waals surface area contributed by atoms with Crippen molar-refractivity contribution in [2.24, 2.45) is 11.3 Å². The summed E-state index contributed by atoms with van der Waals surface area (Å²) in [7, 11) is 0. The molecule has 0 bridgehead atoms. The predicted octanol–water partition coefficient (Wildman–Crippen LogP) is 2.62. The highest BCUT2D eigenvalue weighted by atomic mass is 16.6. The highest BCUT2D eigenvalue weighted by Crippen LogP contribution is 2.49. The Labute approximate surface area is 138 Å². The molecule has 2 amide bonds. The maximum Gasteiger partial charge on any atom is 0.321 e. The molecular weight excluding hydrogens is 314 g/mol. The molecule has 1 aliphatic carbocycles. The van der Waals surface area contributed by atoms with E-state index in [4.69, 9.17) is 0 Å². The Hall–Kier alpha value is -2.64. The normalized spacial score (nSPS) is 25.4. The minimum atomic E-state index is -0.841. The number of carbonyl (C=O) groups excluding carboxylic acids is 1. The van der Waals surface area contributed by atoms with Gasteiger partial charge in [-0.3, -0.25) is 14.9 Å². The molecule has 0 spiro atoms. The molecule has 1 saturated heterocycles. The number of benzene rings is 1. The third kappa shape index (κ3) is 2.47. The summed E-state index contributed by atoms with van der Waals surface area (Å²) in [6.07, 6.45) is 2.27. The number of hydrogen-bond donors (Lipinski definition) is 2. The van der Waals surface area contributed by atoms with Gasteiger partial charge in [-0.15, -0.1) is 0 Å². The number of nitrogens with one attached hydrogen (secondary N) is 1. The number of carboxylic acids is 1. The fourth-order valence-corrected chi connectivity index (χ4v) is 3.94. The van der Waals surface area contributed by atoms with Crippen LogP contribution in [0.4, 0.5) is 16.2 Å². The molecule has 128 valence electrons. The molecular formula is C16H19N3O5. The number of nitro groups is 1. The first kappa shape index (κ1) is 16.2. The lowest BCUT2D eigenvalue weighted by atomic mass is 9.81. The van der Waals surface area contributed by atoms with Crippen LogP contribution in [0.5, 0.6) is 0 Å². The molecule has 1 aromatic rings. The van der Waals surface area contributed by atoms with Crippen molar-refractivity contribution in [2.75, 3.05) is 18.4 Å². The van der Waals surface area contributed by atoms with Crippen LogP contribution in [-0.2, 0) is 4.79 Å². The van der Waals surface area contributed by atoms with E-state index >= 15 is 0 Å². The molecule has 0 aromatic heterocycles. The molecule has 1 aromatic carbocycles. The van der Waals surface area contributed by atoms with Gasteiger partial charge in [0.05, 0.1) is 21.6 Å². The number of carbonyl (C=O) groups is 2. The zero-order chi connectivity index (χ0) is 17.5. The Morgan fingerprint density at radius 2 is 2.21 bits per heavy atom. The number of nitrogens with zero attached hydrogens (tertiary/aromatic N) is 2. The van der Waals surface area contributed by atoms with Crippen molar-refractivity contribution in [1.82, 2.24) is 4.90 Å². The third-order valence-corrected chi connectivity index (χ3v) is 5.33. The molecule has 1 aliphatic heterocycles.